The number of aromatic nitrogens is 2. The molecule has 0 aliphatic carbocycles. The van der Waals surface area contributed by atoms with Crippen LogP contribution in [0.5, 0.6) is 0 Å². The molecular weight excluding hydrogens is 416 g/mol. The van der Waals surface area contributed by atoms with Gasteiger partial charge < -0.3 is 22.1 Å². The zero-order valence-electron chi connectivity index (χ0n) is 18.4. The molecule has 0 aliphatic heterocycles. The fraction of sp³-hybridized carbons (Fsp3) is 0.120. The second-order valence-electron chi connectivity index (χ2n) is 7.38. The number of nitrogens with one attached hydrogen (secondary N) is 2. The fourth-order valence-corrected chi connectivity index (χ4v) is 3.44. The first-order chi connectivity index (χ1) is 15.9. The van der Waals surface area contributed by atoms with Crippen LogP contribution in [0.15, 0.2) is 102 Å². The number of rotatable bonds is 7. The van der Waals surface area contributed by atoms with E-state index in [0.29, 0.717) is 17.2 Å². The lowest BCUT2D eigenvalue weighted by atomic mass is 9.81. The predicted molar refractivity (Wildman–Crippen MR) is 129 cm³/mol. The van der Waals surface area contributed by atoms with E-state index in [1.54, 1.807) is 62.6 Å². The van der Waals surface area contributed by atoms with Crippen LogP contribution in [0, 0.1) is 0 Å². The minimum Gasteiger partial charge on any atom is -0.402 e. The monoisotopic (exact) mass is 442 g/mol. The van der Waals surface area contributed by atoms with Crippen molar-refractivity contribution < 1.29 is 9.59 Å². The number of anilines is 2. The highest BCUT2D eigenvalue weighted by atomic mass is 16.2. The molecule has 3 aromatic rings. The molecule has 6 N–H and O–H groups in total. The van der Waals surface area contributed by atoms with Crippen molar-refractivity contribution in [1.29, 1.82) is 0 Å². The molecule has 0 aliphatic rings. The van der Waals surface area contributed by atoms with Crippen LogP contribution in [0.2, 0.25) is 0 Å². The third-order valence-electron chi connectivity index (χ3n) is 4.86. The Morgan fingerprint density at radius 3 is 1.48 bits per heavy atom. The highest BCUT2D eigenvalue weighted by Gasteiger charge is 2.33. The third-order valence-corrected chi connectivity index (χ3v) is 4.86. The summed E-state index contributed by atoms with van der Waals surface area (Å²) < 4.78 is 0. The molecule has 2 amide bonds. The number of pyridine rings is 2. The largest absolute Gasteiger partial charge is 0.402 e. The quantitative estimate of drug-likeness (QED) is 0.415. The highest BCUT2D eigenvalue weighted by Crippen LogP contribution is 2.35. The summed E-state index contributed by atoms with van der Waals surface area (Å²) in [4.78, 5) is 35.0. The number of benzene rings is 1. The van der Waals surface area contributed by atoms with E-state index in [2.05, 4.69) is 20.6 Å². The summed E-state index contributed by atoms with van der Waals surface area (Å²) in [6.45, 7) is 3.23. The molecule has 0 atom stereocenters. The Morgan fingerprint density at radius 2 is 1.12 bits per heavy atom. The van der Waals surface area contributed by atoms with Crippen LogP contribution in [0.3, 0.4) is 0 Å². The summed E-state index contributed by atoms with van der Waals surface area (Å²) in [5, 5.41) is 5.52. The maximum atomic E-state index is 13.4. The summed E-state index contributed by atoms with van der Waals surface area (Å²) >= 11 is 0. The lowest BCUT2D eigenvalue weighted by molar-refractivity contribution is -0.113. The van der Waals surface area contributed by atoms with Gasteiger partial charge in [0.25, 0.3) is 11.8 Å². The lowest BCUT2D eigenvalue weighted by Gasteiger charge is -2.25. The molecule has 2 aromatic heterocycles. The average Bonchev–Trinajstić information content (AvgIpc) is 2.80. The Hall–Kier alpha value is -4.46. The number of amides is 2. The Morgan fingerprint density at radius 1 is 0.697 bits per heavy atom. The van der Waals surface area contributed by atoms with E-state index < -0.39 is 17.7 Å². The minimum atomic E-state index is -0.825. The molecule has 168 valence electrons. The minimum absolute atomic E-state index is 0.197. The smallest absolute Gasteiger partial charge is 0.255 e. The number of nitrogens with two attached hydrogens (primary N) is 2. The fourth-order valence-electron chi connectivity index (χ4n) is 3.44. The maximum Gasteiger partial charge on any atom is 0.255 e. The van der Waals surface area contributed by atoms with E-state index in [0.717, 1.165) is 0 Å². The van der Waals surface area contributed by atoms with E-state index in [-0.39, 0.29) is 22.5 Å². The van der Waals surface area contributed by atoms with Crippen molar-refractivity contribution in [3.8, 4) is 0 Å². The summed E-state index contributed by atoms with van der Waals surface area (Å²) in [6.07, 6.45) is 3.14. The summed E-state index contributed by atoms with van der Waals surface area (Å²) in [6, 6.07) is 19.5. The molecule has 0 saturated heterocycles. The van der Waals surface area contributed by atoms with Gasteiger partial charge in [-0.25, -0.2) is 9.97 Å². The number of carbonyl (C=O) groups excluding carboxylic acids is 2. The second-order valence-corrected chi connectivity index (χ2v) is 7.38. The normalized spacial score (nSPS) is 13.3. The van der Waals surface area contributed by atoms with Gasteiger partial charge in [0.15, 0.2) is 0 Å². The second kappa shape index (κ2) is 10.7. The molecule has 0 radical (unpaired) electrons. The molecule has 1 aromatic carbocycles. The van der Waals surface area contributed by atoms with Crippen molar-refractivity contribution >= 4 is 23.5 Å². The molecule has 0 fully saturated rings. The average molecular weight is 443 g/mol. The van der Waals surface area contributed by atoms with Crippen molar-refractivity contribution in [2.75, 3.05) is 10.6 Å². The zero-order chi connectivity index (χ0) is 23.8. The molecule has 0 saturated carbocycles. The first-order valence-corrected chi connectivity index (χ1v) is 10.3. The van der Waals surface area contributed by atoms with E-state index >= 15 is 0 Å². The first kappa shape index (κ1) is 23.2. The van der Waals surface area contributed by atoms with Crippen LogP contribution in [0.4, 0.5) is 11.6 Å². The standard InChI is InChI=1S/C25H26N6O2/c1-16(26)21(24(32)30-19-12-6-8-14-28-19)23(18-10-4-3-5-11-18)22(17(2)27)25(33)31-20-13-7-9-15-29-20/h3-15,23H,26-27H2,1-2H3,(H,28,30,32)(H,29,31,33)/b21-16-,22-17-. The van der Waals surface area contributed by atoms with Crippen LogP contribution in [0.1, 0.15) is 25.3 Å². The first-order valence-electron chi connectivity index (χ1n) is 10.3. The SMILES string of the molecule is C/C(N)=C(/C(=O)Nc1ccccn1)C(/C(C(=O)Nc1ccccn1)=C(\C)N)c1ccccc1. The van der Waals surface area contributed by atoms with Gasteiger partial charge in [0, 0.05) is 40.9 Å². The topological polar surface area (TPSA) is 136 Å². The Kier molecular flexibility index (Phi) is 7.54. The number of allylic oxidation sites excluding steroid dienone is 2. The number of hydrogen-bond acceptors (Lipinski definition) is 6. The lowest BCUT2D eigenvalue weighted by Crippen LogP contribution is -2.30. The number of carbonyl (C=O) groups is 2. The van der Waals surface area contributed by atoms with Gasteiger partial charge in [0.1, 0.15) is 11.6 Å². The van der Waals surface area contributed by atoms with Crippen LogP contribution < -0.4 is 22.1 Å². The van der Waals surface area contributed by atoms with Crippen molar-refractivity contribution in [1.82, 2.24) is 9.97 Å². The van der Waals surface area contributed by atoms with E-state index in [1.807, 2.05) is 30.3 Å². The van der Waals surface area contributed by atoms with Gasteiger partial charge in [-0.3, -0.25) is 9.59 Å². The Balaban J connectivity index is 2.09. The molecular formula is C25H26N6O2. The van der Waals surface area contributed by atoms with Gasteiger partial charge in [0.2, 0.25) is 0 Å². The van der Waals surface area contributed by atoms with Crippen molar-refractivity contribution in [2.45, 2.75) is 19.8 Å². The van der Waals surface area contributed by atoms with Crippen LogP contribution in [0.25, 0.3) is 0 Å². The predicted octanol–water partition coefficient (Wildman–Crippen LogP) is 3.30. The van der Waals surface area contributed by atoms with Gasteiger partial charge in [-0.2, -0.15) is 0 Å². The highest BCUT2D eigenvalue weighted by molar-refractivity contribution is 6.10. The van der Waals surface area contributed by atoms with Crippen molar-refractivity contribution in [3.63, 3.8) is 0 Å². The number of nitrogens with zero attached hydrogens (tertiary/aromatic N) is 2. The van der Waals surface area contributed by atoms with Gasteiger partial charge in [-0.1, -0.05) is 42.5 Å². The third kappa shape index (κ3) is 5.82. The maximum absolute atomic E-state index is 13.4. The molecule has 0 unspecified atom stereocenters. The van der Waals surface area contributed by atoms with E-state index in [1.165, 1.54) is 0 Å². The van der Waals surface area contributed by atoms with Crippen LogP contribution >= 0.6 is 0 Å². The van der Waals surface area contributed by atoms with Crippen LogP contribution in [-0.2, 0) is 9.59 Å². The summed E-state index contributed by atoms with van der Waals surface area (Å²) in [5.74, 6) is -1.06. The van der Waals surface area contributed by atoms with Crippen molar-refractivity contribution in [3.05, 3.63) is 107 Å². The molecule has 8 heteroatoms. The van der Waals surface area contributed by atoms with Crippen LogP contribution in [-0.4, -0.2) is 21.8 Å². The van der Waals surface area contributed by atoms with E-state index in [9.17, 15) is 9.59 Å². The van der Waals surface area contributed by atoms with Gasteiger partial charge in [0.05, 0.1) is 0 Å². The van der Waals surface area contributed by atoms with Gasteiger partial charge in [-0.15, -0.1) is 0 Å². The van der Waals surface area contributed by atoms with Crippen molar-refractivity contribution in [2.24, 2.45) is 11.5 Å². The molecule has 0 spiro atoms. The Bertz CT molecular complexity index is 1090. The Labute approximate surface area is 192 Å². The molecule has 33 heavy (non-hydrogen) atoms. The van der Waals surface area contributed by atoms with Gasteiger partial charge >= 0.3 is 0 Å². The van der Waals surface area contributed by atoms with E-state index in [4.69, 9.17) is 11.5 Å². The molecule has 3 rings (SSSR count). The molecule has 0 bridgehead atoms. The zero-order valence-corrected chi connectivity index (χ0v) is 18.4. The van der Waals surface area contributed by atoms with Gasteiger partial charge in [-0.05, 0) is 43.7 Å². The number of hydrogen-bond donors (Lipinski definition) is 4. The summed E-state index contributed by atoms with van der Waals surface area (Å²) in [5.41, 5.74) is 14.0. The molecule has 8 nitrogen and oxygen atoms in total. The summed E-state index contributed by atoms with van der Waals surface area (Å²) in [7, 11) is 0. The molecule has 2 heterocycles.